The molecule has 3 rings (SSSR count). The molecule has 0 radical (unpaired) electrons. The van der Waals surface area contributed by atoms with Gasteiger partial charge in [0.2, 0.25) is 11.8 Å². The number of nitrogens with zero attached hydrogens (tertiary/aromatic N) is 3. The van der Waals surface area contributed by atoms with Gasteiger partial charge in [0.25, 0.3) is 0 Å². The molecule has 1 aliphatic heterocycles. The van der Waals surface area contributed by atoms with E-state index in [0.29, 0.717) is 42.0 Å². The van der Waals surface area contributed by atoms with Crippen molar-refractivity contribution in [3.63, 3.8) is 0 Å². The average Bonchev–Trinajstić information content (AvgIpc) is 3.12. The van der Waals surface area contributed by atoms with E-state index in [4.69, 9.17) is 10.00 Å². The van der Waals surface area contributed by atoms with Crippen LogP contribution >= 0.6 is 0 Å². The Hall–Kier alpha value is -3.27. The number of benzene rings is 1. The maximum Gasteiger partial charge on any atom is 0.249 e. The van der Waals surface area contributed by atoms with Gasteiger partial charge >= 0.3 is 0 Å². The first-order valence-corrected chi connectivity index (χ1v) is 9.35. The second kappa shape index (κ2) is 9.28. The van der Waals surface area contributed by atoms with Crippen molar-refractivity contribution < 1.29 is 18.3 Å². The maximum absolute atomic E-state index is 14.0. The molecule has 5 nitrogen and oxygen atoms in total. The van der Waals surface area contributed by atoms with Crippen LogP contribution in [0.3, 0.4) is 0 Å². The minimum atomic E-state index is -1.15. The Morgan fingerprint density at radius 3 is 2.90 bits per heavy atom. The zero-order chi connectivity index (χ0) is 20.8. The molecule has 0 saturated carbocycles. The van der Waals surface area contributed by atoms with E-state index in [2.05, 4.69) is 11.6 Å². The molecule has 1 aliphatic rings. The molecule has 1 aromatic carbocycles. The highest BCUT2D eigenvalue weighted by atomic mass is 19.1. The number of carbonyl (C=O) groups is 1. The lowest BCUT2D eigenvalue weighted by molar-refractivity contribution is -0.128. The second-order valence-corrected chi connectivity index (χ2v) is 6.91. The SMILES string of the molecule is C=C(CCCOc1ccc(C#N)cn1)C(=O)N1CC(F)CC1c1cccc(F)c1. The molecule has 0 aliphatic carbocycles. The molecule has 2 heterocycles. The normalized spacial score (nSPS) is 18.3. The molecule has 0 bridgehead atoms. The van der Waals surface area contributed by atoms with Gasteiger partial charge in [-0.3, -0.25) is 4.79 Å². The number of rotatable bonds is 7. The van der Waals surface area contributed by atoms with Crippen LogP contribution < -0.4 is 4.74 Å². The van der Waals surface area contributed by atoms with E-state index in [9.17, 15) is 13.6 Å². The van der Waals surface area contributed by atoms with Crippen molar-refractivity contribution >= 4 is 5.91 Å². The van der Waals surface area contributed by atoms with E-state index in [-0.39, 0.29) is 18.9 Å². The summed E-state index contributed by atoms with van der Waals surface area (Å²) in [5, 5.41) is 8.75. The molecule has 1 amide bonds. The summed E-state index contributed by atoms with van der Waals surface area (Å²) in [5.74, 6) is -0.340. The fraction of sp³-hybridized carbons (Fsp3) is 0.318. The van der Waals surface area contributed by atoms with E-state index >= 15 is 0 Å². The van der Waals surface area contributed by atoms with Gasteiger partial charge in [-0.1, -0.05) is 18.7 Å². The molecular formula is C22H21F2N3O2. The first-order valence-electron chi connectivity index (χ1n) is 9.35. The van der Waals surface area contributed by atoms with E-state index in [1.807, 2.05) is 6.07 Å². The molecule has 1 saturated heterocycles. The lowest BCUT2D eigenvalue weighted by Crippen LogP contribution is -2.32. The molecule has 1 fully saturated rings. The van der Waals surface area contributed by atoms with Crippen molar-refractivity contribution in [1.29, 1.82) is 5.26 Å². The predicted octanol–water partition coefficient (Wildman–Crippen LogP) is 4.12. The van der Waals surface area contributed by atoms with Gasteiger partial charge in [0.15, 0.2) is 0 Å². The van der Waals surface area contributed by atoms with Crippen LogP contribution in [0.15, 0.2) is 54.7 Å². The third-order valence-corrected chi connectivity index (χ3v) is 4.79. The van der Waals surface area contributed by atoms with Gasteiger partial charge in [-0.25, -0.2) is 13.8 Å². The topological polar surface area (TPSA) is 66.2 Å². The molecule has 7 heteroatoms. The molecule has 29 heavy (non-hydrogen) atoms. The fourth-order valence-corrected chi connectivity index (χ4v) is 3.34. The van der Waals surface area contributed by atoms with Crippen LogP contribution in [0.2, 0.25) is 0 Å². The van der Waals surface area contributed by atoms with Crippen LogP contribution in [-0.2, 0) is 4.79 Å². The highest BCUT2D eigenvalue weighted by Crippen LogP contribution is 2.35. The van der Waals surface area contributed by atoms with Crippen molar-refractivity contribution in [3.8, 4) is 11.9 Å². The number of nitriles is 1. The number of pyridine rings is 1. The number of halogens is 2. The standard InChI is InChI=1S/C22H21F2N3O2/c1-15(4-3-9-29-21-8-7-16(12-25)13-26-21)22(28)27-14-19(24)11-20(27)17-5-2-6-18(23)10-17/h2,5-8,10,13,19-20H,1,3-4,9,11,14H2. The van der Waals surface area contributed by atoms with Crippen molar-refractivity contribution in [1.82, 2.24) is 9.88 Å². The van der Waals surface area contributed by atoms with Crippen LogP contribution in [0.5, 0.6) is 5.88 Å². The lowest BCUT2D eigenvalue weighted by atomic mass is 10.0. The number of aromatic nitrogens is 1. The average molecular weight is 397 g/mol. The van der Waals surface area contributed by atoms with Crippen LogP contribution in [-0.4, -0.2) is 35.1 Å². The van der Waals surface area contributed by atoms with Gasteiger partial charge in [-0.05, 0) is 36.6 Å². The Balaban J connectivity index is 1.53. The van der Waals surface area contributed by atoms with Crippen molar-refractivity contribution in [2.24, 2.45) is 0 Å². The number of carbonyl (C=O) groups excluding carboxylic acids is 1. The van der Waals surface area contributed by atoms with Crippen molar-refractivity contribution in [2.75, 3.05) is 13.2 Å². The summed E-state index contributed by atoms with van der Waals surface area (Å²) in [6, 6.07) is 10.6. The summed E-state index contributed by atoms with van der Waals surface area (Å²) in [4.78, 5) is 18.2. The third kappa shape index (κ3) is 5.17. The van der Waals surface area contributed by atoms with Crippen LogP contribution in [0.4, 0.5) is 8.78 Å². The summed E-state index contributed by atoms with van der Waals surface area (Å²) in [6.45, 7) is 4.14. The first kappa shape index (κ1) is 20.5. The molecule has 2 atom stereocenters. The van der Waals surface area contributed by atoms with Crippen LogP contribution in [0, 0.1) is 17.1 Å². The molecular weight excluding hydrogens is 376 g/mol. The Bertz CT molecular complexity index is 924. The zero-order valence-electron chi connectivity index (χ0n) is 15.9. The minimum Gasteiger partial charge on any atom is -0.478 e. The molecule has 0 N–H and O–H groups in total. The maximum atomic E-state index is 14.0. The molecule has 2 unspecified atom stereocenters. The number of hydrogen-bond acceptors (Lipinski definition) is 4. The summed E-state index contributed by atoms with van der Waals surface area (Å²) in [5.41, 5.74) is 1.39. The Labute approximate surface area is 168 Å². The summed E-state index contributed by atoms with van der Waals surface area (Å²) in [7, 11) is 0. The zero-order valence-corrected chi connectivity index (χ0v) is 15.9. The van der Waals surface area contributed by atoms with Gasteiger partial charge in [-0.2, -0.15) is 5.26 Å². The fourth-order valence-electron chi connectivity index (χ4n) is 3.34. The summed E-state index contributed by atoms with van der Waals surface area (Å²) < 4.78 is 33.1. The van der Waals surface area contributed by atoms with Gasteiger partial charge in [-0.15, -0.1) is 0 Å². The van der Waals surface area contributed by atoms with Gasteiger partial charge in [0, 0.05) is 24.3 Å². The Morgan fingerprint density at radius 1 is 1.38 bits per heavy atom. The van der Waals surface area contributed by atoms with E-state index < -0.39 is 18.0 Å². The number of alkyl halides is 1. The second-order valence-electron chi connectivity index (χ2n) is 6.91. The first-order chi connectivity index (χ1) is 14.0. The summed E-state index contributed by atoms with van der Waals surface area (Å²) >= 11 is 0. The van der Waals surface area contributed by atoms with Crippen molar-refractivity contribution in [3.05, 3.63) is 71.7 Å². The van der Waals surface area contributed by atoms with Gasteiger partial charge in [0.1, 0.15) is 18.1 Å². The van der Waals surface area contributed by atoms with Crippen LogP contribution in [0.1, 0.15) is 36.4 Å². The number of amides is 1. The third-order valence-electron chi connectivity index (χ3n) is 4.79. The highest BCUT2D eigenvalue weighted by molar-refractivity contribution is 5.93. The lowest BCUT2D eigenvalue weighted by Gasteiger charge is -2.25. The van der Waals surface area contributed by atoms with Crippen LogP contribution in [0.25, 0.3) is 0 Å². The quantitative estimate of drug-likeness (QED) is 0.521. The van der Waals surface area contributed by atoms with Crippen molar-refractivity contribution in [2.45, 2.75) is 31.5 Å². The number of likely N-dealkylation sites (tertiary alicyclic amines) is 1. The molecule has 150 valence electrons. The minimum absolute atomic E-state index is 0.0231. The molecule has 1 aromatic heterocycles. The highest BCUT2D eigenvalue weighted by Gasteiger charge is 2.37. The van der Waals surface area contributed by atoms with E-state index in [0.717, 1.165) is 0 Å². The number of ether oxygens (including phenoxy) is 1. The molecule has 2 aromatic rings. The molecule has 0 spiro atoms. The van der Waals surface area contributed by atoms with E-state index in [1.54, 1.807) is 24.3 Å². The predicted molar refractivity (Wildman–Crippen MR) is 103 cm³/mol. The Morgan fingerprint density at radius 2 is 2.21 bits per heavy atom. The Kier molecular flexibility index (Phi) is 6.55. The number of hydrogen-bond donors (Lipinski definition) is 0. The van der Waals surface area contributed by atoms with E-state index in [1.165, 1.54) is 23.2 Å². The summed E-state index contributed by atoms with van der Waals surface area (Å²) in [6.07, 6.45) is 1.34. The monoisotopic (exact) mass is 397 g/mol. The van der Waals surface area contributed by atoms with Gasteiger partial charge < -0.3 is 9.64 Å². The largest absolute Gasteiger partial charge is 0.478 e. The smallest absolute Gasteiger partial charge is 0.249 e. The van der Waals surface area contributed by atoms with Gasteiger partial charge in [0.05, 0.1) is 24.8 Å².